The summed E-state index contributed by atoms with van der Waals surface area (Å²) in [6.45, 7) is 5.94. The molecule has 0 aromatic carbocycles. The first kappa shape index (κ1) is 18.0. The van der Waals surface area contributed by atoms with E-state index in [9.17, 15) is 9.59 Å². The Kier molecular flexibility index (Phi) is 5.64. The van der Waals surface area contributed by atoms with Crippen LogP contribution in [-0.4, -0.2) is 47.2 Å². The lowest BCUT2D eigenvalue weighted by molar-refractivity contribution is -0.122. The Hall–Kier alpha value is -2.31. The number of piperidine rings is 1. The topological polar surface area (TPSA) is 80.8 Å². The smallest absolute Gasteiger partial charge is 0.410 e. The van der Waals surface area contributed by atoms with Crippen LogP contribution < -0.4 is 10.1 Å². The summed E-state index contributed by atoms with van der Waals surface area (Å²) < 4.78 is 10.6. The molecule has 24 heavy (non-hydrogen) atoms. The SMILES string of the molecule is COc1ccncc1NC(=O)[C@@H]1CCCCN1C(=O)OC(C)(C)C. The first-order valence-corrected chi connectivity index (χ1v) is 8.10. The number of likely N-dealkylation sites (tertiary alicyclic amines) is 1. The Bertz CT molecular complexity index is 598. The molecule has 0 spiro atoms. The van der Waals surface area contributed by atoms with Crippen molar-refractivity contribution in [3.63, 3.8) is 0 Å². The number of rotatable bonds is 3. The molecular formula is C17H25N3O4. The van der Waals surface area contributed by atoms with Gasteiger partial charge in [0.15, 0.2) is 0 Å². The molecule has 1 atom stereocenters. The maximum absolute atomic E-state index is 12.7. The minimum Gasteiger partial charge on any atom is -0.494 e. The number of aromatic nitrogens is 1. The van der Waals surface area contributed by atoms with Gasteiger partial charge in [-0.25, -0.2) is 4.79 Å². The summed E-state index contributed by atoms with van der Waals surface area (Å²) in [6, 6.07) is 1.11. The number of pyridine rings is 1. The molecule has 7 heteroatoms. The van der Waals surface area contributed by atoms with Crippen molar-refractivity contribution in [1.82, 2.24) is 9.88 Å². The van der Waals surface area contributed by atoms with E-state index in [1.807, 2.05) is 20.8 Å². The highest BCUT2D eigenvalue weighted by Crippen LogP contribution is 2.25. The van der Waals surface area contributed by atoms with Crippen LogP contribution in [0.4, 0.5) is 10.5 Å². The molecule has 1 aromatic heterocycles. The number of carbonyl (C=O) groups excluding carboxylic acids is 2. The fraction of sp³-hybridized carbons (Fsp3) is 0.588. The number of anilines is 1. The van der Waals surface area contributed by atoms with E-state index in [1.54, 1.807) is 12.3 Å². The van der Waals surface area contributed by atoms with Gasteiger partial charge in [-0.2, -0.15) is 0 Å². The summed E-state index contributed by atoms with van der Waals surface area (Å²) in [6.07, 6.45) is 5.01. The molecule has 1 aliphatic heterocycles. The lowest BCUT2D eigenvalue weighted by atomic mass is 10.0. The molecule has 2 rings (SSSR count). The van der Waals surface area contributed by atoms with Gasteiger partial charge in [0.25, 0.3) is 0 Å². The number of nitrogens with one attached hydrogen (secondary N) is 1. The second-order valence-electron chi connectivity index (χ2n) is 6.75. The fourth-order valence-corrected chi connectivity index (χ4v) is 2.61. The Morgan fingerprint density at radius 1 is 1.33 bits per heavy atom. The second kappa shape index (κ2) is 7.51. The van der Waals surface area contributed by atoms with Gasteiger partial charge >= 0.3 is 6.09 Å². The van der Waals surface area contributed by atoms with Crippen LogP contribution in [0, 0.1) is 0 Å². The zero-order chi connectivity index (χ0) is 17.7. The molecule has 0 bridgehead atoms. The van der Waals surface area contributed by atoms with E-state index in [2.05, 4.69) is 10.3 Å². The second-order valence-corrected chi connectivity index (χ2v) is 6.75. The molecule has 1 N–H and O–H groups in total. The molecule has 1 aliphatic rings. The third kappa shape index (κ3) is 4.59. The largest absolute Gasteiger partial charge is 0.494 e. The van der Waals surface area contributed by atoms with Gasteiger partial charge in [-0.3, -0.25) is 14.7 Å². The number of nitrogens with zero attached hydrogens (tertiary/aromatic N) is 2. The molecular weight excluding hydrogens is 310 g/mol. The first-order chi connectivity index (χ1) is 11.3. The number of amides is 2. The molecule has 1 aromatic rings. The molecule has 0 unspecified atom stereocenters. The van der Waals surface area contributed by atoms with Gasteiger partial charge in [-0.05, 0) is 40.0 Å². The summed E-state index contributed by atoms with van der Waals surface area (Å²) in [7, 11) is 1.53. The first-order valence-electron chi connectivity index (χ1n) is 8.10. The predicted octanol–water partition coefficient (Wildman–Crippen LogP) is 2.82. The number of carbonyl (C=O) groups is 2. The Balaban J connectivity index is 2.11. The van der Waals surface area contributed by atoms with Crippen LogP contribution in [0.25, 0.3) is 0 Å². The monoisotopic (exact) mass is 335 g/mol. The van der Waals surface area contributed by atoms with Crippen molar-refractivity contribution in [2.24, 2.45) is 0 Å². The van der Waals surface area contributed by atoms with Crippen molar-refractivity contribution < 1.29 is 19.1 Å². The zero-order valence-electron chi connectivity index (χ0n) is 14.7. The number of hydrogen-bond donors (Lipinski definition) is 1. The van der Waals surface area contributed by atoms with Gasteiger partial charge < -0.3 is 14.8 Å². The van der Waals surface area contributed by atoms with Gasteiger partial charge in [-0.1, -0.05) is 0 Å². The number of hydrogen-bond acceptors (Lipinski definition) is 5. The highest BCUT2D eigenvalue weighted by molar-refractivity contribution is 5.97. The normalized spacial score (nSPS) is 18.0. The molecule has 2 amide bonds. The summed E-state index contributed by atoms with van der Waals surface area (Å²) >= 11 is 0. The van der Waals surface area contributed by atoms with Gasteiger partial charge in [0.1, 0.15) is 23.1 Å². The molecule has 0 radical (unpaired) electrons. The minimum atomic E-state index is -0.595. The molecule has 1 fully saturated rings. The van der Waals surface area contributed by atoms with Crippen LogP contribution in [0.1, 0.15) is 40.0 Å². The van der Waals surface area contributed by atoms with Crippen molar-refractivity contribution in [2.75, 3.05) is 19.0 Å². The third-order valence-corrected chi connectivity index (χ3v) is 3.69. The average Bonchev–Trinajstić information content (AvgIpc) is 2.53. The maximum atomic E-state index is 12.7. The van der Waals surface area contributed by atoms with Crippen LogP contribution in [0.15, 0.2) is 18.5 Å². The van der Waals surface area contributed by atoms with Crippen LogP contribution in [0.2, 0.25) is 0 Å². The van der Waals surface area contributed by atoms with Crippen molar-refractivity contribution in [3.05, 3.63) is 18.5 Å². The van der Waals surface area contributed by atoms with Crippen LogP contribution >= 0.6 is 0 Å². The van der Waals surface area contributed by atoms with Crippen molar-refractivity contribution >= 4 is 17.7 Å². The van der Waals surface area contributed by atoms with Gasteiger partial charge in [-0.15, -0.1) is 0 Å². The van der Waals surface area contributed by atoms with Gasteiger partial charge in [0.05, 0.1) is 13.3 Å². The summed E-state index contributed by atoms with van der Waals surface area (Å²) in [5, 5.41) is 2.80. The number of methoxy groups -OCH3 is 1. The average molecular weight is 335 g/mol. The van der Waals surface area contributed by atoms with Crippen molar-refractivity contribution in [2.45, 2.75) is 51.7 Å². The Morgan fingerprint density at radius 3 is 2.75 bits per heavy atom. The molecule has 1 saturated heterocycles. The minimum absolute atomic E-state index is 0.258. The van der Waals surface area contributed by atoms with E-state index >= 15 is 0 Å². The molecule has 7 nitrogen and oxygen atoms in total. The van der Waals surface area contributed by atoms with Gasteiger partial charge in [0, 0.05) is 18.8 Å². The molecule has 132 valence electrons. The van der Waals surface area contributed by atoms with Crippen molar-refractivity contribution in [1.29, 1.82) is 0 Å². The zero-order valence-corrected chi connectivity index (χ0v) is 14.7. The quantitative estimate of drug-likeness (QED) is 0.918. The van der Waals surface area contributed by atoms with Crippen molar-refractivity contribution in [3.8, 4) is 5.75 Å². The fourth-order valence-electron chi connectivity index (χ4n) is 2.61. The van der Waals surface area contributed by atoms with E-state index in [0.717, 1.165) is 12.8 Å². The summed E-state index contributed by atoms with van der Waals surface area (Å²) in [5.41, 5.74) is -0.109. The summed E-state index contributed by atoms with van der Waals surface area (Å²) in [4.78, 5) is 30.6. The standard InChI is InChI=1S/C17H25N3O4/c1-17(2,3)24-16(22)20-10-6-5-7-13(20)15(21)19-12-11-18-9-8-14(12)23-4/h8-9,11,13H,5-7,10H2,1-4H3,(H,19,21)/t13-/m0/s1. The van der Waals surface area contributed by atoms with E-state index in [0.29, 0.717) is 24.4 Å². The number of ether oxygens (including phenoxy) is 2. The lowest BCUT2D eigenvalue weighted by Crippen LogP contribution is -2.51. The van der Waals surface area contributed by atoms with E-state index < -0.39 is 17.7 Å². The lowest BCUT2D eigenvalue weighted by Gasteiger charge is -2.35. The van der Waals surface area contributed by atoms with Crippen LogP contribution in [0.5, 0.6) is 5.75 Å². The highest BCUT2D eigenvalue weighted by atomic mass is 16.6. The van der Waals surface area contributed by atoms with Crippen LogP contribution in [0.3, 0.4) is 0 Å². The Labute approximate surface area is 142 Å². The highest BCUT2D eigenvalue weighted by Gasteiger charge is 2.35. The maximum Gasteiger partial charge on any atom is 0.410 e. The molecule has 0 saturated carbocycles. The molecule has 0 aliphatic carbocycles. The van der Waals surface area contributed by atoms with Crippen LogP contribution in [-0.2, 0) is 9.53 Å². The van der Waals surface area contributed by atoms with E-state index in [4.69, 9.17) is 9.47 Å². The van der Waals surface area contributed by atoms with Gasteiger partial charge in [0.2, 0.25) is 5.91 Å². The molecule has 2 heterocycles. The summed E-state index contributed by atoms with van der Waals surface area (Å²) in [5.74, 6) is 0.268. The predicted molar refractivity (Wildman–Crippen MR) is 90.0 cm³/mol. The van der Waals surface area contributed by atoms with E-state index in [-0.39, 0.29) is 5.91 Å². The Morgan fingerprint density at radius 2 is 2.08 bits per heavy atom. The van der Waals surface area contributed by atoms with E-state index in [1.165, 1.54) is 18.2 Å². The third-order valence-electron chi connectivity index (χ3n) is 3.69.